The second-order valence-electron chi connectivity index (χ2n) is 5.38. The minimum atomic E-state index is -0.819. The Morgan fingerprint density at radius 1 is 1.32 bits per heavy atom. The molecule has 0 saturated heterocycles. The Kier molecular flexibility index (Phi) is 3.42. The number of benzene rings is 1. The molecular formula is C15H18N2O2. The van der Waals surface area contributed by atoms with Crippen molar-refractivity contribution in [3.8, 4) is 11.3 Å². The highest BCUT2D eigenvalue weighted by atomic mass is 16.4. The summed E-state index contributed by atoms with van der Waals surface area (Å²) in [6, 6.07) is 9.88. The van der Waals surface area contributed by atoms with E-state index >= 15 is 0 Å². The number of aromatic amines is 1. The molecule has 4 heteroatoms. The van der Waals surface area contributed by atoms with Gasteiger partial charge in [-0.3, -0.25) is 4.79 Å². The summed E-state index contributed by atoms with van der Waals surface area (Å²) in [5.74, 6) is -0.105. The normalized spacial score (nSPS) is 11.5. The number of aryl methyl sites for hydroxylation is 1. The van der Waals surface area contributed by atoms with Gasteiger partial charge < -0.3 is 10.1 Å². The number of rotatable bonds is 4. The number of carboxylic acids is 1. The Morgan fingerprint density at radius 2 is 1.95 bits per heavy atom. The topological polar surface area (TPSA) is 66.0 Å². The first-order valence-corrected chi connectivity index (χ1v) is 6.24. The predicted molar refractivity (Wildman–Crippen MR) is 74.0 cm³/mol. The molecule has 0 saturated carbocycles. The van der Waals surface area contributed by atoms with Gasteiger partial charge in [-0.05, 0) is 6.92 Å². The van der Waals surface area contributed by atoms with Crippen LogP contribution in [0.25, 0.3) is 11.3 Å². The van der Waals surface area contributed by atoms with E-state index in [0.29, 0.717) is 5.82 Å². The molecule has 0 unspecified atom stereocenters. The number of hydrogen-bond acceptors (Lipinski definition) is 2. The Labute approximate surface area is 112 Å². The minimum Gasteiger partial charge on any atom is -0.481 e. The Hall–Kier alpha value is -2.10. The van der Waals surface area contributed by atoms with Crippen molar-refractivity contribution in [2.75, 3.05) is 0 Å². The van der Waals surface area contributed by atoms with E-state index in [2.05, 4.69) is 9.97 Å². The summed E-state index contributed by atoms with van der Waals surface area (Å²) >= 11 is 0. The second-order valence-corrected chi connectivity index (χ2v) is 5.38. The maximum absolute atomic E-state index is 10.9. The summed E-state index contributed by atoms with van der Waals surface area (Å²) in [6.45, 7) is 5.72. The molecule has 0 amide bonds. The van der Waals surface area contributed by atoms with Gasteiger partial charge in [-0.25, -0.2) is 4.98 Å². The quantitative estimate of drug-likeness (QED) is 0.885. The van der Waals surface area contributed by atoms with Crippen molar-refractivity contribution in [1.82, 2.24) is 9.97 Å². The molecule has 0 aliphatic rings. The van der Waals surface area contributed by atoms with Crippen LogP contribution in [0.3, 0.4) is 0 Å². The maximum Gasteiger partial charge on any atom is 0.304 e. The monoisotopic (exact) mass is 258 g/mol. The first-order valence-electron chi connectivity index (χ1n) is 6.24. The van der Waals surface area contributed by atoms with E-state index in [0.717, 1.165) is 17.0 Å². The molecule has 1 heterocycles. The van der Waals surface area contributed by atoms with E-state index in [-0.39, 0.29) is 6.42 Å². The summed E-state index contributed by atoms with van der Waals surface area (Å²) in [5.41, 5.74) is 2.37. The zero-order chi connectivity index (χ0) is 14.0. The number of nitrogens with one attached hydrogen (secondary N) is 1. The van der Waals surface area contributed by atoms with Crippen molar-refractivity contribution >= 4 is 5.97 Å². The maximum atomic E-state index is 10.9. The minimum absolute atomic E-state index is 0.0498. The molecule has 0 atom stereocenters. The van der Waals surface area contributed by atoms with E-state index in [1.807, 2.05) is 51.1 Å². The summed E-state index contributed by atoms with van der Waals surface area (Å²) < 4.78 is 0. The van der Waals surface area contributed by atoms with Crippen LogP contribution in [0.15, 0.2) is 30.3 Å². The fourth-order valence-corrected chi connectivity index (χ4v) is 2.12. The molecule has 0 bridgehead atoms. The molecule has 0 fully saturated rings. The molecule has 2 rings (SSSR count). The highest BCUT2D eigenvalue weighted by molar-refractivity contribution is 5.69. The molecule has 100 valence electrons. The van der Waals surface area contributed by atoms with Crippen molar-refractivity contribution in [2.24, 2.45) is 0 Å². The lowest BCUT2D eigenvalue weighted by Crippen LogP contribution is -2.23. The second kappa shape index (κ2) is 4.88. The van der Waals surface area contributed by atoms with E-state index in [4.69, 9.17) is 5.11 Å². The van der Waals surface area contributed by atoms with Gasteiger partial charge in [-0.15, -0.1) is 0 Å². The summed E-state index contributed by atoms with van der Waals surface area (Å²) in [7, 11) is 0. The third-order valence-electron chi connectivity index (χ3n) is 3.17. The van der Waals surface area contributed by atoms with Gasteiger partial charge >= 0.3 is 5.97 Å². The number of H-pyrrole nitrogens is 1. The molecule has 19 heavy (non-hydrogen) atoms. The number of nitrogens with zero attached hydrogens (tertiary/aromatic N) is 1. The lowest BCUT2D eigenvalue weighted by Gasteiger charge is -2.19. The number of aromatic nitrogens is 2. The van der Waals surface area contributed by atoms with Gasteiger partial charge in [0.2, 0.25) is 0 Å². The molecule has 2 N–H and O–H groups in total. The van der Waals surface area contributed by atoms with E-state index in [9.17, 15) is 4.79 Å². The third-order valence-corrected chi connectivity index (χ3v) is 3.17. The van der Waals surface area contributed by atoms with Gasteiger partial charge in [-0.2, -0.15) is 0 Å². The Balaban J connectivity index is 2.39. The van der Waals surface area contributed by atoms with Crippen LogP contribution in [-0.4, -0.2) is 21.0 Å². The fourth-order valence-electron chi connectivity index (χ4n) is 2.12. The van der Waals surface area contributed by atoms with Crippen LogP contribution in [0.5, 0.6) is 0 Å². The summed E-state index contributed by atoms with van der Waals surface area (Å²) in [4.78, 5) is 18.7. The van der Waals surface area contributed by atoms with E-state index in [1.165, 1.54) is 0 Å². The number of carbonyl (C=O) groups is 1. The van der Waals surface area contributed by atoms with Crippen molar-refractivity contribution in [3.63, 3.8) is 0 Å². The summed E-state index contributed by atoms with van der Waals surface area (Å²) in [5, 5.41) is 8.96. The van der Waals surface area contributed by atoms with Gasteiger partial charge in [0, 0.05) is 16.7 Å². The van der Waals surface area contributed by atoms with Crippen molar-refractivity contribution in [1.29, 1.82) is 0 Å². The molecule has 0 radical (unpaired) electrons. The highest BCUT2D eigenvalue weighted by Crippen LogP contribution is 2.29. The van der Waals surface area contributed by atoms with Crippen LogP contribution in [0, 0.1) is 6.92 Å². The molecule has 0 aliphatic heterocycles. The molecule has 2 aromatic rings. The lowest BCUT2D eigenvalue weighted by atomic mass is 9.88. The SMILES string of the molecule is Cc1[nH]c(C(C)(C)CC(=O)O)nc1-c1ccccc1. The van der Waals surface area contributed by atoms with Crippen LogP contribution in [0.1, 0.15) is 31.8 Å². The molecule has 0 aliphatic carbocycles. The zero-order valence-electron chi connectivity index (χ0n) is 11.4. The van der Waals surface area contributed by atoms with Gasteiger partial charge in [0.1, 0.15) is 5.82 Å². The number of carboxylic acid groups (broad SMARTS) is 1. The smallest absolute Gasteiger partial charge is 0.304 e. The van der Waals surface area contributed by atoms with Gasteiger partial charge in [0.05, 0.1) is 12.1 Å². The van der Waals surface area contributed by atoms with Crippen LogP contribution < -0.4 is 0 Å². The third kappa shape index (κ3) is 2.84. The van der Waals surface area contributed by atoms with Crippen molar-refractivity contribution in [3.05, 3.63) is 41.9 Å². The van der Waals surface area contributed by atoms with Gasteiger partial charge in [0.25, 0.3) is 0 Å². The van der Waals surface area contributed by atoms with Crippen LogP contribution in [-0.2, 0) is 10.2 Å². The van der Waals surface area contributed by atoms with E-state index < -0.39 is 11.4 Å². The number of aliphatic carboxylic acids is 1. The van der Waals surface area contributed by atoms with Crippen LogP contribution in [0.2, 0.25) is 0 Å². The first kappa shape index (κ1) is 13.3. The Bertz CT molecular complexity index is 585. The first-order chi connectivity index (χ1) is 8.90. The molecular weight excluding hydrogens is 240 g/mol. The fraction of sp³-hybridized carbons (Fsp3) is 0.333. The highest BCUT2D eigenvalue weighted by Gasteiger charge is 2.28. The Morgan fingerprint density at radius 3 is 2.53 bits per heavy atom. The largest absolute Gasteiger partial charge is 0.481 e. The standard InChI is InChI=1S/C15H18N2O2/c1-10-13(11-7-5-4-6-8-11)17-14(16-10)15(2,3)9-12(18)19/h4-8H,9H2,1-3H3,(H,16,17)(H,18,19). The average molecular weight is 258 g/mol. The van der Waals surface area contributed by atoms with Crippen LogP contribution in [0.4, 0.5) is 0 Å². The summed E-state index contributed by atoms with van der Waals surface area (Å²) in [6.07, 6.45) is 0.0498. The van der Waals surface area contributed by atoms with E-state index in [1.54, 1.807) is 0 Å². The molecule has 1 aromatic heterocycles. The molecule has 4 nitrogen and oxygen atoms in total. The van der Waals surface area contributed by atoms with Crippen molar-refractivity contribution < 1.29 is 9.90 Å². The van der Waals surface area contributed by atoms with Crippen molar-refractivity contribution in [2.45, 2.75) is 32.6 Å². The zero-order valence-corrected chi connectivity index (χ0v) is 11.4. The number of imidazole rings is 1. The molecule has 1 aromatic carbocycles. The average Bonchev–Trinajstić information content (AvgIpc) is 2.72. The van der Waals surface area contributed by atoms with Crippen LogP contribution >= 0.6 is 0 Å². The van der Waals surface area contributed by atoms with Gasteiger partial charge in [0.15, 0.2) is 0 Å². The lowest BCUT2D eigenvalue weighted by molar-refractivity contribution is -0.138. The molecule has 0 spiro atoms. The number of hydrogen-bond donors (Lipinski definition) is 2. The predicted octanol–water partition coefficient (Wildman–Crippen LogP) is 3.14. The van der Waals surface area contributed by atoms with Gasteiger partial charge in [-0.1, -0.05) is 44.2 Å².